The fourth-order valence-corrected chi connectivity index (χ4v) is 4.35. The van der Waals surface area contributed by atoms with Crippen molar-refractivity contribution in [2.24, 2.45) is 11.3 Å². The van der Waals surface area contributed by atoms with Gasteiger partial charge in [-0.25, -0.2) is 0 Å². The van der Waals surface area contributed by atoms with E-state index in [1.54, 1.807) is 0 Å². The van der Waals surface area contributed by atoms with Crippen molar-refractivity contribution < 1.29 is 4.79 Å². The number of piperidine rings is 1. The van der Waals surface area contributed by atoms with E-state index >= 15 is 0 Å². The summed E-state index contributed by atoms with van der Waals surface area (Å²) >= 11 is 1.98. The van der Waals surface area contributed by atoms with Gasteiger partial charge in [0.1, 0.15) is 0 Å². The Hall–Kier alpha value is -0.220. The number of carbonyl (C=O) groups excluding carboxylic acids is 1. The standard InChI is InChI=1S/C15H28N2OS/c1-14(2)11-17(8-9-19-14)13(18)15(3,4)12-6-5-7-16-10-12/h12,16H,5-11H2,1-4H3. The van der Waals surface area contributed by atoms with Crippen molar-refractivity contribution in [1.82, 2.24) is 10.2 Å². The molecule has 1 unspecified atom stereocenters. The first-order valence-electron chi connectivity index (χ1n) is 7.47. The van der Waals surface area contributed by atoms with Crippen LogP contribution in [-0.4, -0.2) is 47.5 Å². The smallest absolute Gasteiger partial charge is 0.228 e. The molecule has 0 bridgehead atoms. The molecule has 0 radical (unpaired) electrons. The molecule has 2 heterocycles. The predicted molar refractivity (Wildman–Crippen MR) is 82.5 cm³/mol. The van der Waals surface area contributed by atoms with Gasteiger partial charge in [-0.3, -0.25) is 4.79 Å². The number of rotatable bonds is 2. The van der Waals surface area contributed by atoms with Gasteiger partial charge in [-0.15, -0.1) is 0 Å². The van der Waals surface area contributed by atoms with Crippen LogP contribution in [0.4, 0.5) is 0 Å². The summed E-state index contributed by atoms with van der Waals surface area (Å²) in [5.41, 5.74) is -0.231. The van der Waals surface area contributed by atoms with Crippen LogP contribution in [0.3, 0.4) is 0 Å². The van der Waals surface area contributed by atoms with Crippen LogP contribution < -0.4 is 5.32 Å². The molecule has 0 aromatic heterocycles. The van der Waals surface area contributed by atoms with Gasteiger partial charge in [0.15, 0.2) is 0 Å². The highest BCUT2D eigenvalue weighted by Gasteiger charge is 2.42. The summed E-state index contributed by atoms with van der Waals surface area (Å²) in [5.74, 6) is 1.90. The second-order valence-corrected chi connectivity index (χ2v) is 8.90. The van der Waals surface area contributed by atoms with Gasteiger partial charge in [-0.1, -0.05) is 13.8 Å². The maximum Gasteiger partial charge on any atom is 0.228 e. The lowest BCUT2D eigenvalue weighted by Gasteiger charge is -2.44. The van der Waals surface area contributed by atoms with Crippen LogP contribution in [0.1, 0.15) is 40.5 Å². The van der Waals surface area contributed by atoms with Gasteiger partial charge in [0, 0.05) is 29.0 Å². The van der Waals surface area contributed by atoms with E-state index in [1.807, 2.05) is 11.8 Å². The molecule has 1 N–H and O–H groups in total. The average molecular weight is 284 g/mol. The number of nitrogens with zero attached hydrogens (tertiary/aromatic N) is 1. The molecule has 19 heavy (non-hydrogen) atoms. The van der Waals surface area contributed by atoms with E-state index in [-0.39, 0.29) is 10.2 Å². The van der Waals surface area contributed by atoms with Gasteiger partial charge in [0.05, 0.1) is 0 Å². The van der Waals surface area contributed by atoms with E-state index in [4.69, 9.17) is 0 Å². The minimum atomic E-state index is -0.231. The molecular weight excluding hydrogens is 256 g/mol. The van der Waals surface area contributed by atoms with Crippen molar-refractivity contribution in [2.75, 3.05) is 31.9 Å². The number of hydrogen-bond donors (Lipinski definition) is 1. The Bertz CT molecular complexity index is 335. The SMILES string of the molecule is CC1(C)CN(C(=O)C(C)(C)C2CCCNC2)CCS1. The Labute approximate surface area is 121 Å². The van der Waals surface area contributed by atoms with E-state index in [9.17, 15) is 4.79 Å². The molecule has 2 rings (SSSR count). The second kappa shape index (κ2) is 5.65. The van der Waals surface area contributed by atoms with Crippen molar-refractivity contribution >= 4 is 17.7 Å². The predicted octanol–water partition coefficient (Wildman–Crippen LogP) is 2.37. The molecule has 0 aliphatic carbocycles. The lowest BCUT2D eigenvalue weighted by Crippen LogP contribution is -2.54. The lowest BCUT2D eigenvalue weighted by molar-refractivity contribution is -0.144. The molecule has 2 aliphatic rings. The average Bonchev–Trinajstić information content (AvgIpc) is 2.37. The summed E-state index contributed by atoms with van der Waals surface area (Å²) in [6.07, 6.45) is 2.38. The number of nitrogens with one attached hydrogen (secondary N) is 1. The first kappa shape index (κ1) is 15.2. The van der Waals surface area contributed by atoms with E-state index in [2.05, 4.69) is 37.9 Å². The number of carbonyl (C=O) groups is 1. The van der Waals surface area contributed by atoms with Crippen LogP contribution in [0.25, 0.3) is 0 Å². The summed E-state index contributed by atoms with van der Waals surface area (Å²) in [6, 6.07) is 0. The van der Waals surface area contributed by atoms with E-state index in [1.165, 1.54) is 12.8 Å². The van der Waals surface area contributed by atoms with Crippen LogP contribution in [0, 0.1) is 11.3 Å². The molecule has 1 amide bonds. The van der Waals surface area contributed by atoms with Crippen molar-refractivity contribution in [2.45, 2.75) is 45.3 Å². The molecule has 0 saturated carbocycles. The third kappa shape index (κ3) is 3.46. The molecule has 110 valence electrons. The summed E-state index contributed by atoms with van der Waals surface area (Å²) in [4.78, 5) is 15.0. The molecule has 1 atom stereocenters. The molecular formula is C15H28N2OS. The summed E-state index contributed by atoms with van der Waals surface area (Å²) < 4.78 is 0.203. The van der Waals surface area contributed by atoms with Crippen LogP contribution >= 0.6 is 11.8 Å². The normalized spacial score (nSPS) is 28.2. The first-order chi connectivity index (χ1) is 8.83. The third-order valence-electron chi connectivity index (χ3n) is 4.58. The molecule has 3 nitrogen and oxygen atoms in total. The third-order valence-corrected chi connectivity index (χ3v) is 5.88. The van der Waals surface area contributed by atoms with Crippen molar-refractivity contribution in [3.05, 3.63) is 0 Å². The van der Waals surface area contributed by atoms with Crippen LogP contribution in [-0.2, 0) is 4.79 Å². The fourth-order valence-electron chi connectivity index (χ4n) is 3.24. The molecule has 0 spiro atoms. The zero-order valence-corrected chi connectivity index (χ0v) is 13.6. The highest BCUT2D eigenvalue weighted by atomic mass is 32.2. The molecule has 2 fully saturated rings. The van der Waals surface area contributed by atoms with Gasteiger partial charge < -0.3 is 10.2 Å². The maximum absolute atomic E-state index is 12.9. The Morgan fingerprint density at radius 1 is 1.42 bits per heavy atom. The Morgan fingerprint density at radius 3 is 2.74 bits per heavy atom. The zero-order chi connectivity index (χ0) is 14.1. The van der Waals surface area contributed by atoms with Gasteiger partial charge in [0.2, 0.25) is 5.91 Å². The Kier molecular flexibility index (Phi) is 4.51. The Balaban J connectivity index is 2.04. The minimum Gasteiger partial charge on any atom is -0.340 e. The largest absolute Gasteiger partial charge is 0.340 e. The molecule has 2 aliphatic heterocycles. The number of amides is 1. The summed E-state index contributed by atoms with van der Waals surface area (Å²) in [7, 11) is 0. The van der Waals surface area contributed by atoms with Gasteiger partial charge >= 0.3 is 0 Å². The summed E-state index contributed by atoms with van der Waals surface area (Å²) in [5, 5.41) is 3.44. The van der Waals surface area contributed by atoms with Gasteiger partial charge in [-0.05, 0) is 45.7 Å². The van der Waals surface area contributed by atoms with Crippen molar-refractivity contribution in [1.29, 1.82) is 0 Å². The monoisotopic (exact) mass is 284 g/mol. The molecule has 2 saturated heterocycles. The Morgan fingerprint density at radius 2 is 2.16 bits per heavy atom. The summed E-state index contributed by atoms with van der Waals surface area (Å²) in [6.45, 7) is 12.7. The van der Waals surface area contributed by atoms with Gasteiger partial charge in [0.25, 0.3) is 0 Å². The quantitative estimate of drug-likeness (QED) is 0.845. The highest BCUT2D eigenvalue weighted by molar-refractivity contribution is 8.00. The van der Waals surface area contributed by atoms with Crippen molar-refractivity contribution in [3.8, 4) is 0 Å². The van der Waals surface area contributed by atoms with Crippen LogP contribution in [0.15, 0.2) is 0 Å². The van der Waals surface area contributed by atoms with Crippen molar-refractivity contribution in [3.63, 3.8) is 0 Å². The number of thioether (sulfide) groups is 1. The first-order valence-corrected chi connectivity index (χ1v) is 8.45. The van der Waals surface area contributed by atoms with E-state index in [0.717, 1.165) is 31.9 Å². The topological polar surface area (TPSA) is 32.3 Å². The lowest BCUT2D eigenvalue weighted by atomic mass is 9.74. The number of hydrogen-bond acceptors (Lipinski definition) is 3. The van der Waals surface area contributed by atoms with Crippen LogP contribution in [0.2, 0.25) is 0 Å². The van der Waals surface area contributed by atoms with E-state index < -0.39 is 0 Å². The second-order valence-electron chi connectivity index (χ2n) is 7.10. The van der Waals surface area contributed by atoms with E-state index in [0.29, 0.717) is 11.8 Å². The molecule has 0 aromatic carbocycles. The van der Waals surface area contributed by atoms with Crippen LogP contribution in [0.5, 0.6) is 0 Å². The fraction of sp³-hybridized carbons (Fsp3) is 0.933. The maximum atomic E-state index is 12.9. The minimum absolute atomic E-state index is 0.203. The highest BCUT2D eigenvalue weighted by Crippen LogP contribution is 2.37. The molecule has 0 aromatic rings. The molecule has 4 heteroatoms. The zero-order valence-electron chi connectivity index (χ0n) is 12.8. The van der Waals surface area contributed by atoms with Gasteiger partial charge in [-0.2, -0.15) is 11.8 Å².